The molecule has 1 heterocycles. The molecule has 0 N–H and O–H groups in total. The van der Waals surface area contributed by atoms with Crippen LogP contribution in [0.4, 0.5) is 0 Å². The van der Waals surface area contributed by atoms with Gasteiger partial charge < -0.3 is 0 Å². The molecule has 1 saturated carbocycles. The van der Waals surface area contributed by atoms with Crippen LogP contribution in [0.2, 0.25) is 0 Å². The zero-order valence-corrected chi connectivity index (χ0v) is 11.8. The Morgan fingerprint density at radius 2 is 2.18 bits per heavy atom. The Bertz CT molecular complexity index is 326. The molecule has 3 heteroatoms. The molecular formula is C14H20OS2. The van der Waals surface area contributed by atoms with Crippen LogP contribution in [0.3, 0.4) is 0 Å². The standard InChI is InChI=1S/C14H20OS2/c15-12(8-9-14-7-4-10-16-14)11-17-13-5-2-1-3-6-13/h4,7,10,13H,1-3,5-6,8-9,11H2. The van der Waals surface area contributed by atoms with E-state index in [1.807, 2.05) is 11.8 Å². The predicted molar refractivity (Wildman–Crippen MR) is 77.0 cm³/mol. The fourth-order valence-corrected chi connectivity index (χ4v) is 4.17. The third-order valence-electron chi connectivity index (χ3n) is 3.26. The third kappa shape index (κ3) is 4.84. The van der Waals surface area contributed by atoms with Gasteiger partial charge in [-0.1, -0.05) is 25.3 Å². The molecule has 1 nitrogen and oxygen atoms in total. The van der Waals surface area contributed by atoms with Crippen molar-refractivity contribution in [3.63, 3.8) is 0 Å². The van der Waals surface area contributed by atoms with E-state index in [-0.39, 0.29) is 0 Å². The highest BCUT2D eigenvalue weighted by molar-refractivity contribution is 8.00. The molecule has 0 saturated heterocycles. The van der Waals surface area contributed by atoms with Crippen molar-refractivity contribution in [3.8, 4) is 0 Å². The van der Waals surface area contributed by atoms with Crippen LogP contribution in [-0.2, 0) is 11.2 Å². The molecule has 1 fully saturated rings. The van der Waals surface area contributed by atoms with Crippen molar-refractivity contribution in [2.45, 2.75) is 50.2 Å². The fraction of sp³-hybridized carbons (Fsp3) is 0.643. The molecule has 94 valence electrons. The summed E-state index contributed by atoms with van der Waals surface area (Å²) < 4.78 is 0. The molecule has 0 spiro atoms. The van der Waals surface area contributed by atoms with E-state index in [1.165, 1.54) is 37.0 Å². The molecule has 17 heavy (non-hydrogen) atoms. The molecule has 0 aliphatic heterocycles. The van der Waals surface area contributed by atoms with Gasteiger partial charge in [0, 0.05) is 16.5 Å². The van der Waals surface area contributed by atoms with Gasteiger partial charge in [-0.3, -0.25) is 4.79 Å². The van der Waals surface area contributed by atoms with Gasteiger partial charge in [-0.25, -0.2) is 0 Å². The van der Waals surface area contributed by atoms with Crippen molar-refractivity contribution >= 4 is 28.9 Å². The van der Waals surface area contributed by atoms with Crippen LogP contribution in [0.5, 0.6) is 0 Å². The molecule has 0 atom stereocenters. The Morgan fingerprint density at radius 3 is 2.88 bits per heavy atom. The van der Waals surface area contributed by atoms with Crippen LogP contribution >= 0.6 is 23.1 Å². The van der Waals surface area contributed by atoms with Crippen LogP contribution in [0.25, 0.3) is 0 Å². The van der Waals surface area contributed by atoms with E-state index in [0.717, 1.165) is 23.8 Å². The molecule has 1 aromatic heterocycles. The van der Waals surface area contributed by atoms with E-state index in [0.29, 0.717) is 5.78 Å². The molecule has 1 aliphatic carbocycles. The van der Waals surface area contributed by atoms with Gasteiger partial charge in [-0.15, -0.1) is 11.3 Å². The van der Waals surface area contributed by atoms with E-state index in [9.17, 15) is 4.79 Å². The zero-order chi connectivity index (χ0) is 11.9. The Kier molecular flexibility index (Phi) is 5.59. The number of hydrogen-bond donors (Lipinski definition) is 0. The minimum absolute atomic E-state index is 0.425. The number of hydrogen-bond acceptors (Lipinski definition) is 3. The highest BCUT2D eigenvalue weighted by atomic mass is 32.2. The second-order valence-corrected chi connectivity index (χ2v) is 7.01. The number of ketones is 1. The summed E-state index contributed by atoms with van der Waals surface area (Å²) in [5.74, 6) is 1.16. The average molecular weight is 268 g/mol. The van der Waals surface area contributed by atoms with Crippen molar-refractivity contribution in [1.29, 1.82) is 0 Å². The summed E-state index contributed by atoms with van der Waals surface area (Å²) in [6, 6.07) is 4.17. The van der Waals surface area contributed by atoms with Crippen LogP contribution in [-0.4, -0.2) is 16.8 Å². The second-order valence-electron chi connectivity index (χ2n) is 4.69. The first-order valence-electron chi connectivity index (χ1n) is 6.50. The molecule has 2 rings (SSSR count). The predicted octanol–water partition coefficient (Wildman–Crippen LogP) is 4.32. The lowest BCUT2D eigenvalue weighted by Crippen LogP contribution is -2.12. The number of rotatable bonds is 6. The fourth-order valence-electron chi connectivity index (χ4n) is 2.23. The molecular weight excluding hydrogens is 248 g/mol. The maximum absolute atomic E-state index is 11.8. The summed E-state index contributed by atoms with van der Waals surface area (Å²) in [4.78, 5) is 13.1. The first kappa shape index (κ1) is 13.2. The summed E-state index contributed by atoms with van der Waals surface area (Å²) >= 11 is 3.65. The summed E-state index contributed by atoms with van der Waals surface area (Å²) in [7, 11) is 0. The molecule has 0 unspecified atom stereocenters. The Hall–Kier alpha value is -0.280. The minimum atomic E-state index is 0.425. The van der Waals surface area contributed by atoms with E-state index in [1.54, 1.807) is 11.3 Å². The average Bonchev–Trinajstić information content (AvgIpc) is 2.88. The molecule has 1 aromatic rings. The Morgan fingerprint density at radius 1 is 1.35 bits per heavy atom. The van der Waals surface area contributed by atoms with E-state index >= 15 is 0 Å². The number of carbonyl (C=O) groups is 1. The minimum Gasteiger partial charge on any atom is -0.299 e. The van der Waals surface area contributed by atoms with Crippen LogP contribution in [0.1, 0.15) is 43.4 Å². The molecule has 0 radical (unpaired) electrons. The SMILES string of the molecule is O=C(CCc1cccs1)CSC1CCCCC1. The summed E-state index contributed by atoms with van der Waals surface area (Å²) in [5.41, 5.74) is 0. The van der Waals surface area contributed by atoms with Crippen LogP contribution in [0, 0.1) is 0 Å². The number of thioether (sulfide) groups is 1. The zero-order valence-electron chi connectivity index (χ0n) is 10.2. The van der Waals surface area contributed by atoms with Gasteiger partial charge in [0.15, 0.2) is 0 Å². The topological polar surface area (TPSA) is 17.1 Å². The van der Waals surface area contributed by atoms with E-state index in [4.69, 9.17) is 0 Å². The van der Waals surface area contributed by atoms with Gasteiger partial charge in [0.05, 0.1) is 5.75 Å². The monoisotopic (exact) mass is 268 g/mol. The van der Waals surface area contributed by atoms with E-state index in [2.05, 4.69) is 17.5 Å². The Labute approximate surface area is 112 Å². The molecule has 0 bridgehead atoms. The molecule has 1 aliphatic rings. The maximum Gasteiger partial charge on any atom is 0.143 e. The van der Waals surface area contributed by atoms with Gasteiger partial charge in [0.1, 0.15) is 5.78 Å². The first-order chi connectivity index (χ1) is 8.34. The lowest BCUT2D eigenvalue weighted by molar-refractivity contribution is -0.116. The summed E-state index contributed by atoms with van der Waals surface area (Å²) in [5, 5.41) is 2.84. The smallest absolute Gasteiger partial charge is 0.143 e. The summed E-state index contributed by atoms with van der Waals surface area (Å²) in [6.07, 6.45) is 8.42. The summed E-state index contributed by atoms with van der Waals surface area (Å²) in [6.45, 7) is 0. The van der Waals surface area contributed by atoms with Crippen molar-refractivity contribution in [2.75, 3.05) is 5.75 Å². The van der Waals surface area contributed by atoms with Crippen molar-refractivity contribution in [2.24, 2.45) is 0 Å². The molecule has 0 aromatic carbocycles. The van der Waals surface area contributed by atoms with Gasteiger partial charge in [-0.2, -0.15) is 11.8 Å². The third-order valence-corrected chi connectivity index (χ3v) is 5.63. The second kappa shape index (κ2) is 7.22. The lowest BCUT2D eigenvalue weighted by atomic mass is 10.0. The normalized spacial score (nSPS) is 17.2. The number of carbonyl (C=O) groups excluding carboxylic acids is 1. The largest absolute Gasteiger partial charge is 0.299 e. The van der Waals surface area contributed by atoms with Crippen molar-refractivity contribution < 1.29 is 4.79 Å². The van der Waals surface area contributed by atoms with Gasteiger partial charge in [-0.05, 0) is 30.7 Å². The van der Waals surface area contributed by atoms with Crippen LogP contribution < -0.4 is 0 Å². The highest BCUT2D eigenvalue weighted by Crippen LogP contribution is 2.28. The number of thiophene rings is 1. The number of Topliss-reactive ketones (excluding diaryl/α,β-unsaturated/α-hetero) is 1. The maximum atomic E-state index is 11.8. The van der Waals surface area contributed by atoms with Gasteiger partial charge >= 0.3 is 0 Å². The van der Waals surface area contributed by atoms with Gasteiger partial charge in [0.25, 0.3) is 0 Å². The Balaban J connectivity index is 1.60. The quantitative estimate of drug-likeness (QED) is 0.764. The molecule has 0 amide bonds. The van der Waals surface area contributed by atoms with E-state index < -0.39 is 0 Å². The van der Waals surface area contributed by atoms with Crippen molar-refractivity contribution in [1.82, 2.24) is 0 Å². The highest BCUT2D eigenvalue weighted by Gasteiger charge is 2.15. The van der Waals surface area contributed by atoms with Crippen LogP contribution in [0.15, 0.2) is 17.5 Å². The first-order valence-corrected chi connectivity index (χ1v) is 8.43. The lowest BCUT2D eigenvalue weighted by Gasteiger charge is -2.20. The number of aryl methyl sites for hydroxylation is 1. The van der Waals surface area contributed by atoms with Gasteiger partial charge in [0.2, 0.25) is 0 Å². The van der Waals surface area contributed by atoms with Crippen molar-refractivity contribution in [3.05, 3.63) is 22.4 Å².